The van der Waals surface area contributed by atoms with Crippen LogP contribution in [-0.2, 0) is 63.4 Å². The van der Waals surface area contributed by atoms with Crippen molar-refractivity contribution in [2.24, 2.45) is 11.8 Å². The zero-order valence-electron chi connectivity index (χ0n) is 16.0. The molecule has 0 atom stereocenters. The number of rotatable bonds is 4. The first-order valence-electron chi connectivity index (χ1n) is 6.99. The number of hydrogen-bond donors (Lipinski definition) is 1. The molecule has 133 valence electrons. The van der Waals surface area contributed by atoms with E-state index in [-0.39, 0.29) is 78.9 Å². The third kappa shape index (κ3) is 49.7. The Hall–Kier alpha value is 0.932. The van der Waals surface area contributed by atoms with Crippen LogP contribution >= 0.6 is 0 Å². The fourth-order valence-electron chi connectivity index (χ4n) is 0.806. The summed E-state index contributed by atoms with van der Waals surface area (Å²) in [5.74, 6) is 0.0489. The standard InChI is InChI=1S/C9H17NO2.C4H9.C3H7.CH3.W.Y/c1-6(2)5-8(11)9(12)10-7(3)4;1-4(2)3;1-3-2;;;/h6-7H,5H2,1-4H3,(H,10,12);4H,1H2,2-3H3;3H,1-2H3;1H3;;/q;3*-1;;. The van der Waals surface area contributed by atoms with Gasteiger partial charge in [-0.25, -0.2) is 0 Å². The van der Waals surface area contributed by atoms with Crippen molar-refractivity contribution in [1.29, 1.82) is 0 Å². The van der Waals surface area contributed by atoms with Crippen molar-refractivity contribution in [3.63, 3.8) is 0 Å². The molecule has 0 rings (SSSR count). The summed E-state index contributed by atoms with van der Waals surface area (Å²) in [7, 11) is 0. The molecule has 0 aromatic carbocycles. The number of carbonyl (C=O) groups is 2. The zero-order chi connectivity index (χ0) is 16.0. The third-order valence-electron chi connectivity index (χ3n) is 1.27. The molecule has 22 heavy (non-hydrogen) atoms. The average molecular weight is 559 g/mol. The molecule has 0 aliphatic rings. The molecule has 0 saturated heterocycles. The van der Waals surface area contributed by atoms with Gasteiger partial charge in [-0.3, -0.25) is 9.59 Å². The Morgan fingerprint density at radius 1 is 1.05 bits per heavy atom. The molecular weight excluding hydrogens is 523 g/mol. The van der Waals surface area contributed by atoms with Gasteiger partial charge in [0.25, 0.3) is 5.91 Å². The number of amides is 1. The van der Waals surface area contributed by atoms with Crippen molar-refractivity contribution in [3.05, 3.63) is 20.8 Å². The van der Waals surface area contributed by atoms with E-state index < -0.39 is 5.91 Å². The van der Waals surface area contributed by atoms with Gasteiger partial charge in [0, 0.05) is 66.2 Å². The van der Waals surface area contributed by atoms with Crippen LogP contribution in [0.15, 0.2) is 0 Å². The van der Waals surface area contributed by atoms with Crippen LogP contribution in [0.3, 0.4) is 0 Å². The van der Waals surface area contributed by atoms with Crippen LogP contribution in [-0.4, -0.2) is 17.7 Å². The fourth-order valence-corrected chi connectivity index (χ4v) is 0.806. The molecule has 0 aromatic heterocycles. The van der Waals surface area contributed by atoms with Crippen LogP contribution in [0.2, 0.25) is 0 Å². The zero-order valence-corrected chi connectivity index (χ0v) is 21.8. The Morgan fingerprint density at radius 3 is 1.50 bits per heavy atom. The largest absolute Gasteiger partial charge is 0.358 e. The topological polar surface area (TPSA) is 46.2 Å². The van der Waals surface area contributed by atoms with Gasteiger partial charge in [0.2, 0.25) is 5.78 Å². The van der Waals surface area contributed by atoms with Crippen molar-refractivity contribution in [2.45, 2.75) is 67.9 Å². The van der Waals surface area contributed by atoms with Gasteiger partial charge in [0.15, 0.2) is 0 Å². The molecule has 0 spiro atoms. The van der Waals surface area contributed by atoms with Gasteiger partial charge < -0.3 is 26.1 Å². The maximum atomic E-state index is 11.1. The Kier molecular flexibility index (Phi) is 46.9. The molecule has 0 aliphatic heterocycles. The smallest absolute Gasteiger partial charge is 0.287 e. The molecule has 5 heteroatoms. The predicted octanol–water partition coefficient (Wildman–Crippen LogP) is 4.28. The van der Waals surface area contributed by atoms with E-state index in [0.29, 0.717) is 12.3 Å². The second-order valence-electron chi connectivity index (χ2n) is 5.62. The Labute approximate surface area is 179 Å². The molecule has 3 nitrogen and oxygen atoms in total. The minimum atomic E-state index is -0.460. The molecule has 0 aromatic rings. The van der Waals surface area contributed by atoms with E-state index in [0.717, 1.165) is 0 Å². The first-order valence-corrected chi connectivity index (χ1v) is 6.99. The molecule has 0 fully saturated rings. The monoisotopic (exact) mass is 559 g/mol. The average Bonchev–Trinajstić information content (AvgIpc) is 2.15. The quantitative estimate of drug-likeness (QED) is 0.413. The van der Waals surface area contributed by atoms with Gasteiger partial charge in [-0.05, 0) is 19.8 Å². The van der Waals surface area contributed by atoms with Gasteiger partial charge in [-0.2, -0.15) is 19.8 Å². The number of ketones is 1. The molecule has 1 radical (unpaired) electrons. The summed E-state index contributed by atoms with van der Waals surface area (Å²) in [6, 6.07) is 0.0358. The molecule has 0 heterocycles. The first-order chi connectivity index (χ1) is 8.58. The van der Waals surface area contributed by atoms with Gasteiger partial charge in [0.1, 0.15) is 0 Å². The second-order valence-corrected chi connectivity index (χ2v) is 5.62. The number of Topliss-reactive ketones (excluding diaryl/α,β-unsaturated/α-hetero) is 1. The van der Waals surface area contributed by atoms with Crippen LogP contribution < -0.4 is 5.32 Å². The number of carbonyl (C=O) groups excluding carboxylic acids is 2. The summed E-state index contributed by atoms with van der Waals surface area (Å²) in [6.45, 7) is 19.3. The van der Waals surface area contributed by atoms with Crippen molar-refractivity contribution in [2.75, 3.05) is 0 Å². The van der Waals surface area contributed by atoms with E-state index in [9.17, 15) is 9.59 Å². The summed E-state index contributed by atoms with van der Waals surface area (Å²) < 4.78 is 0. The summed E-state index contributed by atoms with van der Waals surface area (Å²) in [5.41, 5.74) is 0. The number of hydrogen-bond acceptors (Lipinski definition) is 2. The molecule has 1 amide bonds. The van der Waals surface area contributed by atoms with Gasteiger partial charge >= 0.3 is 0 Å². The maximum absolute atomic E-state index is 11.1. The number of nitrogens with one attached hydrogen (secondary N) is 1. The van der Waals surface area contributed by atoms with E-state index in [1.165, 1.54) is 0 Å². The van der Waals surface area contributed by atoms with Crippen LogP contribution in [0.25, 0.3) is 0 Å². The van der Waals surface area contributed by atoms with Crippen LogP contribution in [0.5, 0.6) is 0 Å². The van der Waals surface area contributed by atoms with Gasteiger partial charge in [-0.15, -0.1) is 0 Å². The van der Waals surface area contributed by atoms with Gasteiger partial charge in [-0.1, -0.05) is 27.7 Å². The van der Waals surface area contributed by atoms with Crippen molar-refractivity contribution < 1.29 is 63.4 Å². The van der Waals surface area contributed by atoms with Crippen molar-refractivity contribution in [1.82, 2.24) is 5.32 Å². The van der Waals surface area contributed by atoms with Crippen LogP contribution in [0.4, 0.5) is 0 Å². The van der Waals surface area contributed by atoms with E-state index in [1.54, 1.807) is 0 Å². The predicted molar refractivity (Wildman–Crippen MR) is 90.0 cm³/mol. The maximum Gasteiger partial charge on any atom is 0.287 e. The summed E-state index contributed by atoms with van der Waals surface area (Å²) in [5, 5.41) is 2.56. The Bertz CT molecular complexity index is 210. The normalized spacial score (nSPS) is 8.18. The molecule has 0 saturated carbocycles. The fraction of sp³-hybridized carbons (Fsp3) is 0.706. The molecule has 1 N–H and O–H groups in total. The van der Waals surface area contributed by atoms with Crippen LogP contribution in [0.1, 0.15) is 61.8 Å². The Morgan fingerprint density at radius 2 is 1.32 bits per heavy atom. The summed E-state index contributed by atoms with van der Waals surface area (Å²) in [4.78, 5) is 22.1. The van der Waals surface area contributed by atoms with Crippen molar-refractivity contribution in [3.8, 4) is 0 Å². The van der Waals surface area contributed by atoms with E-state index >= 15 is 0 Å². The van der Waals surface area contributed by atoms with Crippen LogP contribution in [0, 0.1) is 32.6 Å². The Balaban J connectivity index is -0.0000000549. The van der Waals surface area contributed by atoms with E-state index in [1.807, 2.05) is 48.0 Å². The van der Waals surface area contributed by atoms with Crippen molar-refractivity contribution >= 4 is 11.7 Å². The SMILES string of the molecule is CC(C)CC(=O)C(=O)NC(C)C.C[CH-]C.[CH2-]C(C)C.[CH3-].[W].[Y]. The van der Waals surface area contributed by atoms with Gasteiger partial charge in [0.05, 0.1) is 0 Å². The second kappa shape index (κ2) is 26.8. The molecule has 0 aliphatic carbocycles. The molecule has 0 bridgehead atoms. The first kappa shape index (κ1) is 38.5. The molecular formula is C17H36NO2WY-3. The third-order valence-corrected chi connectivity index (χ3v) is 1.27. The minimum Gasteiger partial charge on any atom is -0.358 e. The van der Waals surface area contributed by atoms with E-state index in [2.05, 4.69) is 26.1 Å². The summed E-state index contributed by atoms with van der Waals surface area (Å²) in [6.07, 6.45) is 2.33. The van der Waals surface area contributed by atoms with E-state index in [4.69, 9.17) is 0 Å². The summed E-state index contributed by atoms with van der Waals surface area (Å²) >= 11 is 0. The minimum absolute atomic E-state index is 0. The molecule has 0 unspecified atom stereocenters.